The molecular weight excluding hydrogens is 170 g/mol. The molecule has 0 saturated carbocycles. The summed E-state index contributed by atoms with van der Waals surface area (Å²) >= 11 is 7.01. The first-order valence-electron chi connectivity index (χ1n) is 2.64. The van der Waals surface area contributed by atoms with Crippen molar-refractivity contribution in [2.45, 2.75) is 5.03 Å². The van der Waals surface area contributed by atoms with E-state index in [0.717, 1.165) is 0 Å². The number of nitrogens with one attached hydrogen (secondary N) is 1. The van der Waals surface area contributed by atoms with E-state index in [-0.39, 0.29) is 0 Å². The zero-order valence-electron chi connectivity index (χ0n) is 5.34. The molecular formula is C5H6ClN3S. The maximum atomic E-state index is 5.67. The smallest absolute Gasteiger partial charge is 0.162 e. The van der Waals surface area contributed by atoms with Crippen molar-refractivity contribution >= 4 is 23.5 Å². The molecule has 1 aromatic rings. The molecule has 0 unspecified atom stereocenters. The largest absolute Gasteiger partial charge is 0.262 e. The molecule has 0 aromatic carbocycles. The SMILES string of the molecule is CNSc1nccnc1Cl. The van der Waals surface area contributed by atoms with Gasteiger partial charge in [0, 0.05) is 12.4 Å². The van der Waals surface area contributed by atoms with Crippen LogP contribution in [-0.2, 0) is 0 Å². The minimum absolute atomic E-state index is 0.432. The monoisotopic (exact) mass is 175 g/mol. The van der Waals surface area contributed by atoms with Crippen LogP contribution >= 0.6 is 23.5 Å². The van der Waals surface area contributed by atoms with Crippen molar-refractivity contribution < 1.29 is 0 Å². The summed E-state index contributed by atoms with van der Waals surface area (Å²) in [6.45, 7) is 0. The number of nitrogens with zero attached hydrogens (tertiary/aromatic N) is 2. The molecule has 0 fully saturated rings. The van der Waals surface area contributed by atoms with E-state index in [1.54, 1.807) is 19.4 Å². The standard InChI is InChI=1S/C5H6ClN3S/c1-7-10-5-4(6)8-2-3-9-5/h2-3,7H,1H3. The van der Waals surface area contributed by atoms with E-state index in [4.69, 9.17) is 11.6 Å². The van der Waals surface area contributed by atoms with Gasteiger partial charge in [0.25, 0.3) is 0 Å². The molecule has 0 radical (unpaired) electrons. The van der Waals surface area contributed by atoms with E-state index in [1.807, 2.05) is 0 Å². The average molecular weight is 176 g/mol. The van der Waals surface area contributed by atoms with Crippen LogP contribution in [0, 0.1) is 0 Å². The Labute approximate surface area is 68.3 Å². The molecule has 0 spiro atoms. The number of rotatable bonds is 2. The Morgan fingerprint density at radius 2 is 2.20 bits per heavy atom. The van der Waals surface area contributed by atoms with E-state index in [0.29, 0.717) is 10.2 Å². The summed E-state index contributed by atoms with van der Waals surface area (Å²) in [5.41, 5.74) is 0. The topological polar surface area (TPSA) is 37.8 Å². The summed E-state index contributed by atoms with van der Waals surface area (Å²) in [5.74, 6) is 0. The Morgan fingerprint density at radius 1 is 1.50 bits per heavy atom. The van der Waals surface area contributed by atoms with E-state index >= 15 is 0 Å². The summed E-state index contributed by atoms with van der Waals surface area (Å²) in [6, 6.07) is 0. The number of hydrogen-bond donors (Lipinski definition) is 1. The molecule has 0 atom stereocenters. The Kier molecular flexibility index (Phi) is 2.92. The predicted molar refractivity (Wildman–Crippen MR) is 42.0 cm³/mol. The highest BCUT2D eigenvalue weighted by atomic mass is 35.5. The summed E-state index contributed by atoms with van der Waals surface area (Å²) in [5, 5.41) is 1.13. The maximum absolute atomic E-state index is 5.67. The summed E-state index contributed by atoms with van der Waals surface area (Å²) < 4.78 is 2.85. The first kappa shape index (κ1) is 7.78. The van der Waals surface area contributed by atoms with E-state index in [1.165, 1.54) is 11.9 Å². The third-order valence-electron chi connectivity index (χ3n) is 0.822. The molecule has 0 aliphatic heterocycles. The summed E-state index contributed by atoms with van der Waals surface area (Å²) in [7, 11) is 1.80. The molecule has 0 saturated heterocycles. The van der Waals surface area contributed by atoms with E-state index < -0.39 is 0 Å². The molecule has 0 aliphatic carbocycles. The highest BCUT2D eigenvalue weighted by Gasteiger charge is 1.99. The zero-order chi connectivity index (χ0) is 7.40. The van der Waals surface area contributed by atoms with Crippen molar-refractivity contribution in [2.24, 2.45) is 0 Å². The van der Waals surface area contributed by atoms with Crippen LogP contribution in [0.1, 0.15) is 0 Å². The lowest BCUT2D eigenvalue weighted by atomic mass is 10.8. The maximum Gasteiger partial charge on any atom is 0.162 e. The van der Waals surface area contributed by atoms with Crippen molar-refractivity contribution in [3.8, 4) is 0 Å². The summed E-state index contributed by atoms with van der Waals surface area (Å²) in [4.78, 5) is 7.81. The molecule has 0 amide bonds. The van der Waals surface area contributed by atoms with Gasteiger partial charge in [-0.1, -0.05) is 11.6 Å². The molecule has 1 rings (SSSR count). The number of hydrogen-bond acceptors (Lipinski definition) is 4. The van der Waals surface area contributed by atoms with Gasteiger partial charge in [-0.3, -0.25) is 4.72 Å². The van der Waals surface area contributed by atoms with Gasteiger partial charge in [-0.2, -0.15) is 0 Å². The van der Waals surface area contributed by atoms with Gasteiger partial charge in [-0.15, -0.1) is 0 Å². The zero-order valence-corrected chi connectivity index (χ0v) is 6.91. The van der Waals surface area contributed by atoms with Gasteiger partial charge in [0.15, 0.2) is 5.15 Å². The molecule has 10 heavy (non-hydrogen) atoms. The van der Waals surface area contributed by atoms with Gasteiger partial charge in [0.1, 0.15) is 5.03 Å². The Balaban J connectivity index is 2.81. The fourth-order valence-electron chi connectivity index (χ4n) is 0.473. The van der Waals surface area contributed by atoms with Crippen molar-refractivity contribution in [3.63, 3.8) is 0 Å². The van der Waals surface area contributed by atoms with Crippen molar-refractivity contribution in [3.05, 3.63) is 17.5 Å². The Bertz CT molecular complexity index is 218. The molecule has 1 N–H and O–H groups in total. The molecule has 0 aliphatic rings. The fourth-order valence-corrected chi connectivity index (χ4v) is 1.14. The normalized spacial score (nSPS) is 9.80. The third-order valence-corrected chi connectivity index (χ3v) is 1.91. The van der Waals surface area contributed by atoms with Crippen LogP contribution in [-0.4, -0.2) is 17.0 Å². The minimum atomic E-state index is 0.432. The van der Waals surface area contributed by atoms with Crippen molar-refractivity contribution in [1.29, 1.82) is 0 Å². The second kappa shape index (κ2) is 3.75. The van der Waals surface area contributed by atoms with Crippen LogP contribution in [0.3, 0.4) is 0 Å². The molecule has 3 nitrogen and oxygen atoms in total. The molecule has 5 heteroatoms. The first-order valence-corrected chi connectivity index (χ1v) is 3.84. The predicted octanol–water partition coefficient (Wildman–Crippen LogP) is 1.36. The first-order chi connectivity index (χ1) is 4.84. The Hall–Kier alpha value is -0.320. The second-order valence-corrected chi connectivity index (χ2v) is 2.82. The van der Waals surface area contributed by atoms with Crippen LogP contribution in [0.5, 0.6) is 0 Å². The fraction of sp³-hybridized carbons (Fsp3) is 0.200. The minimum Gasteiger partial charge on any atom is -0.262 e. The summed E-state index contributed by atoms with van der Waals surface area (Å²) in [6.07, 6.45) is 3.16. The van der Waals surface area contributed by atoms with Gasteiger partial charge in [0.05, 0.1) is 0 Å². The van der Waals surface area contributed by atoms with Crippen LogP contribution < -0.4 is 4.72 Å². The van der Waals surface area contributed by atoms with Crippen molar-refractivity contribution in [2.75, 3.05) is 7.05 Å². The van der Waals surface area contributed by atoms with Crippen LogP contribution in [0.4, 0.5) is 0 Å². The molecule has 1 heterocycles. The molecule has 54 valence electrons. The number of aromatic nitrogens is 2. The van der Waals surface area contributed by atoms with Gasteiger partial charge in [-0.05, 0) is 19.0 Å². The van der Waals surface area contributed by atoms with E-state index in [9.17, 15) is 0 Å². The lowest BCUT2D eigenvalue weighted by Gasteiger charge is -1.97. The van der Waals surface area contributed by atoms with E-state index in [2.05, 4.69) is 14.7 Å². The van der Waals surface area contributed by atoms with Gasteiger partial charge in [0.2, 0.25) is 0 Å². The lowest BCUT2D eigenvalue weighted by molar-refractivity contribution is 1.05. The second-order valence-electron chi connectivity index (χ2n) is 1.46. The van der Waals surface area contributed by atoms with Crippen LogP contribution in [0.25, 0.3) is 0 Å². The van der Waals surface area contributed by atoms with Gasteiger partial charge >= 0.3 is 0 Å². The Morgan fingerprint density at radius 3 is 2.80 bits per heavy atom. The quantitative estimate of drug-likeness (QED) is 0.689. The highest BCUT2D eigenvalue weighted by molar-refractivity contribution is 7.97. The highest BCUT2D eigenvalue weighted by Crippen LogP contribution is 2.17. The lowest BCUT2D eigenvalue weighted by Crippen LogP contribution is -1.93. The molecule has 1 aromatic heterocycles. The average Bonchev–Trinajstić information content (AvgIpc) is 1.94. The van der Waals surface area contributed by atoms with Gasteiger partial charge in [-0.25, -0.2) is 9.97 Å². The number of halogens is 1. The van der Waals surface area contributed by atoms with Crippen molar-refractivity contribution in [1.82, 2.24) is 14.7 Å². The van der Waals surface area contributed by atoms with Crippen LogP contribution in [0.2, 0.25) is 5.15 Å². The van der Waals surface area contributed by atoms with Crippen LogP contribution in [0.15, 0.2) is 17.4 Å². The van der Waals surface area contributed by atoms with Gasteiger partial charge < -0.3 is 0 Å². The third kappa shape index (κ3) is 1.83. The molecule has 0 bridgehead atoms.